The van der Waals surface area contributed by atoms with Crippen LogP contribution in [0, 0.1) is 0 Å². The fourth-order valence-electron chi connectivity index (χ4n) is 2.02. The van der Waals surface area contributed by atoms with E-state index in [1.807, 2.05) is 6.26 Å². The zero-order valence-corrected chi connectivity index (χ0v) is 6.31. The molecule has 0 amide bonds. The highest BCUT2D eigenvalue weighted by atomic mass is 16.5. The first-order valence-electron chi connectivity index (χ1n) is 4.24. The van der Waals surface area contributed by atoms with Crippen molar-refractivity contribution in [2.24, 2.45) is 0 Å². The molecule has 1 nitrogen and oxygen atoms in total. The second kappa shape index (κ2) is 2.30. The third-order valence-corrected chi connectivity index (χ3v) is 2.67. The van der Waals surface area contributed by atoms with Crippen molar-refractivity contribution in [1.29, 1.82) is 0 Å². The van der Waals surface area contributed by atoms with Gasteiger partial charge in [-0.15, -0.1) is 0 Å². The molecule has 1 fully saturated rings. The Bertz CT molecular complexity index is 133. The Morgan fingerprint density at radius 1 is 1.10 bits per heavy atom. The van der Waals surface area contributed by atoms with Crippen LogP contribution >= 0.6 is 0 Å². The Kier molecular flexibility index (Phi) is 1.44. The minimum absolute atomic E-state index is 0.262. The molecule has 0 unspecified atom stereocenters. The number of hydrogen-bond acceptors (Lipinski definition) is 1. The van der Waals surface area contributed by atoms with Gasteiger partial charge in [0.1, 0.15) is 5.60 Å². The van der Waals surface area contributed by atoms with E-state index in [-0.39, 0.29) is 5.60 Å². The van der Waals surface area contributed by atoms with Crippen molar-refractivity contribution in [2.45, 2.75) is 44.1 Å². The van der Waals surface area contributed by atoms with Crippen molar-refractivity contribution in [3.63, 3.8) is 0 Å². The second-order valence-electron chi connectivity index (χ2n) is 3.44. The fraction of sp³-hybridized carbons (Fsp3) is 0.778. The molecular weight excluding hydrogens is 124 g/mol. The van der Waals surface area contributed by atoms with Gasteiger partial charge in [0, 0.05) is 6.42 Å². The van der Waals surface area contributed by atoms with Crippen LogP contribution in [0.4, 0.5) is 0 Å². The minimum Gasteiger partial charge on any atom is -0.495 e. The highest BCUT2D eigenvalue weighted by Gasteiger charge is 2.34. The molecule has 0 radical (unpaired) electrons. The molecule has 2 aliphatic rings. The Morgan fingerprint density at radius 3 is 2.50 bits per heavy atom. The van der Waals surface area contributed by atoms with Crippen LogP contribution in [-0.2, 0) is 4.74 Å². The molecule has 56 valence electrons. The van der Waals surface area contributed by atoms with Gasteiger partial charge in [-0.05, 0) is 31.8 Å². The molecule has 0 atom stereocenters. The van der Waals surface area contributed by atoms with Crippen LogP contribution in [0.3, 0.4) is 0 Å². The van der Waals surface area contributed by atoms with E-state index in [1.165, 1.54) is 32.1 Å². The average Bonchev–Trinajstić information content (AvgIpc) is 2.39. The predicted molar refractivity (Wildman–Crippen MR) is 40.7 cm³/mol. The summed E-state index contributed by atoms with van der Waals surface area (Å²) in [5.74, 6) is 0. The van der Waals surface area contributed by atoms with Crippen LogP contribution in [0.2, 0.25) is 0 Å². The van der Waals surface area contributed by atoms with Gasteiger partial charge in [0.05, 0.1) is 6.26 Å². The third kappa shape index (κ3) is 0.938. The maximum Gasteiger partial charge on any atom is 0.112 e. The number of ether oxygens (including phenoxy) is 1. The van der Waals surface area contributed by atoms with E-state index in [4.69, 9.17) is 4.74 Å². The summed E-state index contributed by atoms with van der Waals surface area (Å²) in [5.41, 5.74) is 0.262. The predicted octanol–water partition coefficient (Wildman–Crippen LogP) is 2.62. The van der Waals surface area contributed by atoms with Crippen molar-refractivity contribution in [1.82, 2.24) is 0 Å². The molecule has 1 aliphatic carbocycles. The largest absolute Gasteiger partial charge is 0.495 e. The fourth-order valence-corrected chi connectivity index (χ4v) is 2.02. The lowest BCUT2D eigenvalue weighted by atomic mass is 9.83. The molecule has 1 heteroatoms. The van der Waals surface area contributed by atoms with E-state index in [0.29, 0.717) is 0 Å². The van der Waals surface area contributed by atoms with Gasteiger partial charge in [-0.1, -0.05) is 6.42 Å². The highest BCUT2D eigenvalue weighted by molar-refractivity contribution is 4.99. The van der Waals surface area contributed by atoms with Crippen LogP contribution in [0.15, 0.2) is 12.3 Å². The van der Waals surface area contributed by atoms with E-state index in [1.54, 1.807) is 0 Å². The van der Waals surface area contributed by atoms with Gasteiger partial charge in [-0.3, -0.25) is 0 Å². The molecule has 1 aliphatic heterocycles. The molecule has 1 heterocycles. The van der Waals surface area contributed by atoms with Crippen LogP contribution in [-0.4, -0.2) is 5.60 Å². The molecule has 1 saturated carbocycles. The molecule has 0 aromatic rings. The molecule has 0 aromatic heterocycles. The highest BCUT2D eigenvalue weighted by Crippen LogP contribution is 2.37. The van der Waals surface area contributed by atoms with E-state index in [0.717, 1.165) is 6.42 Å². The quantitative estimate of drug-likeness (QED) is 0.500. The molecule has 0 bridgehead atoms. The summed E-state index contributed by atoms with van der Waals surface area (Å²) in [7, 11) is 0. The van der Waals surface area contributed by atoms with E-state index in [9.17, 15) is 0 Å². The van der Waals surface area contributed by atoms with Crippen molar-refractivity contribution in [2.75, 3.05) is 0 Å². The molecule has 0 aromatic carbocycles. The van der Waals surface area contributed by atoms with Gasteiger partial charge in [-0.25, -0.2) is 0 Å². The first-order valence-corrected chi connectivity index (χ1v) is 4.24. The van der Waals surface area contributed by atoms with Crippen molar-refractivity contribution < 1.29 is 4.74 Å². The molecule has 0 N–H and O–H groups in total. The Labute approximate surface area is 62.1 Å². The smallest absolute Gasteiger partial charge is 0.112 e. The summed E-state index contributed by atoms with van der Waals surface area (Å²) in [6.07, 6.45) is 11.9. The van der Waals surface area contributed by atoms with E-state index >= 15 is 0 Å². The van der Waals surface area contributed by atoms with Gasteiger partial charge in [0.15, 0.2) is 0 Å². The van der Waals surface area contributed by atoms with Crippen LogP contribution in [0.25, 0.3) is 0 Å². The summed E-state index contributed by atoms with van der Waals surface area (Å²) >= 11 is 0. The van der Waals surface area contributed by atoms with Gasteiger partial charge < -0.3 is 4.74 Å². The topological polar surface area (TPSA) is 9.23 Å². The number of rotatable bonds is 0. The lowest BCUT2D eigenvalue weighted by molar-refractivity contribution is 0.00967. The van der Waals surface area contributed by atoms with Gasteiger partial charge in [0.2, 0.25) is 0 Å². The SMILES string of the molecule is C1=COC2(C1)CCCCC2. The Balaban J connectivity index is 2.00. The molecule has 1 spiro atoms. The zero-order valence-electron chi connectivity index (χ0n) is 6.31. The number of hydrogen-bond donors (Lipinski definition) is 0. The monoisotopic (exact) mass is 138 g/mol. The lowest BCUT2D eigenvalue weighted by Crippen LogP contribution is -2.30. The summed E-state index contributed by atoms with van der Waals surface area (Å²) in [6.45, 7) is 0. The second-order valence-corrected chi connectivity index (χ2v) is 3.44. The van der Waals surface area contributed by atoms with Gasteiger partial charge in [-0.2, -0.15) is 0 Å². The van der Waals surface area contributed by atoms with Crippen LogP contribution < -0.4 is 0 Å². The summed E-state index contributed by atoms with van der Waals surface area (Å²) < 4.78 is 5.60. The standard InChI is InChI=1S/C9H14O/c1-2-5-9(6-3-1)7-4-8-10-9/h4,8H,1-3,5-7H2. The molecule has 0 saturated heterocycles. The molecule has 2 rings (SSSR count). The first kappa shape index (κ1) is 6.26. The lowest BCUT2D eigenvalue weighted by Gasteiger charge is -2.32. The van der Waals surface area contributed by atoms with Crippen LogP contribution in [0.5, 0.6) is 0 Å². The zero-order chi connectivity index (χ0) is 6.86. The minimum atomic E-state index is 0.262. The first-order chi connectivity index (χ1) is 4.91. The van der Waals surface area contributed by atoms with Gasteiger partial charge >= 0.3 is 0 Å². The van der Waals surface area contributed by atoms with Crippen molar-refractivity contribution >= 4 is 0 Å². The van der Waals surface area contributed by atoms with Crippen molar-refractivity contribution in [3.8, 4) is 0 Å². The van der Waals surface area contributed by atoms with Gasteiger partial charge in [0.25, 0.3) is 0 Å². The Morgan fingerprint density at radius 2 is 1.90 bits per heavy atom. The summed E-state index contributed by atoms with van der Waals surface area (Å²) in [6, 6.07) is 0. The maximum absolute atomic E-state index is 5.60. The summed E-state index contributed by atoms with van der Waals surface area (Å²) in [5, 5.41) is 0. The molecule has 10 heavy (non-hydrogen) atoms. The average molecular weight is 138 g/mol. The van der Waals surface area contributed by atoms with E-state index in [2.05, 4.69) is 6.08 Å². The Hall–Kier alpha value is -0.460. The van der Waals surface area contributed by atoms with Crippen LogP contribution in [0.1, 0.15) is 38.5 Å². The normalized spacial score (nSPS) is 28.8. The summed E-state index contributed by atoms with van der Waals surface area (Å²) in [4.78, 5) is 0. The maximum atomic E-state index is 5.60. The van der Waals surface area contributed by atoms with E-state index < -0.39 is 0 Å². The molecular formula is C9H14O. The third-order valence-electron chi connectivity index (χ3n) is 2.67. The van der Waals surface area contributed by atoms with Crippen molar-refractivity contribution in [3.05, 3.63) is 12.3 Å².